The predicted octanol–water partition coefficient (Wildman–Crippen LogP) is 4.06. The summed E-state index contributed by atoms with van der Waals surface area (Å²) in [6.45, 7) is 0.655. The molecule has 2 aromatic carbocycles. The van der Waals surface area contributed by atoms with Crippen LogP contribution in [0.1, 0.15) is 48.0 Å². The minimum atomic E-state index is -0.617. The third kappa shape index (κ3) is 4.69. The van der Waals surface area contributed by atoms with Crippen LogP contribution in [0.4, 0.5) is 0 Å². The van der Waals surface area contributed by atoms with Gasteiger partial charge in [-0.1, -0.05) is 43.5 Å². The second kappa shape index (κ2) is 9.25. The van der Waals surface area contributed by atoms with Crippen molar-refractivity contribution in [2.24, 2.45) is 0 Å². The number of H-pyrrole nitrogens is 1. The fourth-order valence-corrected chi connectivity index (χ4v) is 4.06. The highest BCUT2D eigenvalue weighted by atomic mass is 16.5. The van der Waals surface area contributed by atoms with Crippen molar-refractivity contribution in [1.82, 2.24) is 10.3 Å². The van der Waals surface area contributed by atoms with E-state index in [9.17, 15) is 9.90 Å². The van der Waals surface area contributed by atoms with Gasteiger partial charge in [0.15, 0.2) is 5.78 Å². The minimum absolute atomic E-state index is 0.0828. The Morgan fingerprint density at radius 3 is 2.72 bits per heavy atom. The summed E-state index contributed by atoms with van der Waals surface area (Å²) in [5, 5.41) is 14.7. The molecule has 1 heterocycles. The number of nitrogens with one attached hydrogen (secondary N) is 2. The van der Waals surface area contributed by atoms with Gasteiger partial charge >= 0.3 is 0 Å². The number of carbonyl (C=O) groups excluding carboxylic acids is 1. The number of carbonyl (C=O) groups is 1. The van der Waals surface area contributed by atoms with E-state index in [4.69, 9.17) is 4.74 Å². The van der Waals surface area contributed by atoms with E-state index in [1.165, 1.54) is 32.1 Å². The summed E-state index contributed by atoms with van der Waals surface area (Å²) in [5.41, 5.74) is 2.08. The topological polar surface area (TPSA) is 74.3 Å². The van der Waals surface area contributed by atoms with Crippen LogP contribution < -0.4 is 10.1 Å². The normalized spacial score (nSPS) is 16.0. The van der Waals surface area contributed by atoms with Gasteiger partial charge in [0.05, 0.1) is 5.56 Å². The summed E-state index contributed by atoms with van der Waals surface area (Å²) in [4.78, 5) is 16.3. The SMILES string of the molecule is O=C(c1ccccc1OCC(O)CNC1CCCCC1)c1cccc2[nH]ccc12. The fourth-order valence-electron chi connectivity index (χ4n) is 4.06. The molecule has 5 heteroatoms. The summed E-state index contributed by atoms with van der Waals surface area (Å²) >= 11 is 0. The van der Waals surface area contributed by atoms with Crippen LogP contribution >= 0.6 is 0 Å². The summed E-state index contributed by atoms with van der Waals surface area (Å²) in [6.07, 6.45) is 7.39. The van der Waals surface area contributed by atoms with Gasteiger partial charge in [-0.05, 0) is 37.1 Å². The quantitative estimate of drug-likeness (QED) is 0.506. The lowest BCUT2D eigenvalue weighted by molar-refractivity contribution is 0.0969. The molecule has 1 fully saturated rings. The van der Waals surface area contributed by atoms with Crippen molar-refractivity contribution in [3.05, 3.63) is 65.9 Å². The van der Waals surface area contributed by atoms with Gasteiger partial charge in [-0.3, -0.25) is 4.79 Å². The zero-order valence-electron chi connectivity index (χ0n) is 16.6. The number of benzene rings is 2. The molecule has 152 valence electrons. The van der Waals surface area contributed by atoms with E-state index >= 15 is 0 Å². The van der Waals surface area contributed by atoms with Crippen LogP contribution in [0.15, 0.2) is 54.7 Å². The Morgan fingerprint density at radius 2 is 1.86 bits per heavy atom. The largest absolute Gasteiger partial charge is 0.490 e. The number of aromatic nitrogens is 1. The zero-order valence-corrected chi connectivity index (χ0v) is 16.6. The Morgan fingerprint density at radius 1 is 1.07 bits per heavy atom. The van der Waals surface area contributed by atoms with Crippen LogP contribution in [0.3, 0.4) is 0 Å². The summed E-state index contributed by atoms with van der Waals surface area (Å²) in [7, 11) is 0. The zero-order chi connectivity index (χ0) is 20.1. The summed E-state index contributed by atoms with van der Waals surface area (Å²) in [6, 6.07) is 15.3. The number of rotatable bonds is 8. The number of aliphatic hydroxyl groups excluding tert-OH is 1. The van der Waals surface area contributed by atoms with E-state index in [-0.39, 0.29) is 12.4 Å². The Balaban J connectivity index is 1.41. The second-order valence-electron chi connectivity index (χ2n) is 7.78. The first-order valence-electron chi connectivity index (χ1n) is 10.5. The molecule has 1 unspecified atom stereocenters. The molecular weight excluding hydrogens is 364 g/mol. The summed E-state index contributed by atoms with van der Waals surface area (Å²) in [5.74, 6) is 0.419. The van der Waals surface area contributed by atoms with E-state index < -0.39 is 6.10 Å². The molecule has 0 bridgehead atoms. The molecule has 1 aromatic heterocycles. The van der Waals surface area contributed by atoms with Crippen LogP contribution in [0, 0.1) is 0 Å². The molecule has 1 aliphatic carbocycles. The van der Waals surface area contributed by atoms with E-state index in [0.717, 1.165) is 10.9 Å². The predicted molar refractivity (Wildman–Crippen MR) is 115 cm³/mol. The van der Waals surface area contributed by atoms with Crippen LogP contribution in [-0.2, 0) is 0 Å². The number of ketones is 1. The third-order valence-electron chi connectivity index (χ3n) is 5.65. The highest BCUT2D eigenvalue weighted by Crippen LogP contribution is 2.26. The first-order valence-corrected chi connectivity index (χ1v) is 10.5. The standard InChI is InChI=1S/C24H28N2O3/c27-18(15-26-17-7-2-1-3-8-17)16-29-23-12-5-4-9-21(23)24(28)20-10-6-11-22-19(20)13-14-25-22/h4-6,9-14,17-18,25-27H,1-3,7-8,15-16H2. The van der Waals surface area contributed by atoms with Crippen LogP contribution in [0.5, 0.6) is 5.75 Å². The van der Waals surface area contributed by atoms with Gasteiger partial charge in [-0.2, -0.15) is 0 Å². The van der Waals surface area contributed by atoms with Crippen molar-refractivity contribution < 1.29 is 14.6 Å². The van der Waals surface area contributed by atoms with Gasteiger partial charge in [0.1, 0.15) is 18.5 Å². The minimum Gasteiger partial charge on any atom is -0.490 e. The van der Waals surface area contributed by atoms with Crippen molar-refractivity contribution in [2.75, 3.05) is 13.2 Å². The molecule has 4 rings (SSSR count). The highest BCUT2D eigenvalue weighted by molar-refractivity contribution is 6.17. The molecular formula is C24H28N2O3. The van der Waals surface area contributed by atoms with Crippen molar-refractivity contribution >= 4 is 16.7 Å². The average Bonchev–Trinajstić information content (AvgIpc) is 3.26. The first-order chi connectivity index (χ1) is 14.2. The maximum atomic E-state index is 13.2. The third-order valence-corrected chi connectivity index (χ3v) is 5.65. The van der Waals surface area contributed by atoms with E-state index in [2.05, 4.69) is 10.3 Å². The van der Waals surface area contributed by atoms with Gasteiger partial charge in [0.2, 0.25) is 0 Å². The van der Waals surface area contributed by atoms with Crippen molar-refractivity contribution in [3.8, 4) is 5.75 Å². The lowest BCUT2D eigenvalue weighted by atomic mass is 9.95. The van der Waals surface area contributed by atoms with Crippen molar-refractivity contribution in [3.63, 3.8) is 0 Å². The number of aliphatic hydroxyl groups is 1. The van der Waals surface area contributed by atoms with Gasteiger partial charge in [0.25, 0.3) is 0 Å². The lowest BCUT2D eigenvalue weighted by Gasteiger charge is -2.24. The smallest absolute Gasteiger partial charge is 0.197 e. The van der Waals surface area contributed by atoms with Crippen LogP contribution in [0.2, 0.25) is 0 Å². The fraction of sp³-hybridized carbons (Fsp3) is 0.375. The Hall–Kier alpha value is -2.63. The first kappa shape index (κ1) is 19.7. The number of aromatic amines is 1. The van der Waals surface area contributed by atoms with Gasteiger partial charge in [0, 0.05) is 35.2 Å². The number of hydrogen-bond acceptors (Lipinski definition) is 4. The van der Waals surface area contributed by atoms with Gasteiger partial charge in [-0.15, -0.1) is 0 Å². The van der Waals surface area contributed by atoms with Crippen LogP contribution in [-0.4, -0.2) is 41.2 Å². The molecule has 0 radical (unpaired) electrons. The van der Waals surface area contributed by atoms with E-state index in [0.29, 0.717) is 29.5 Å². The van der Waals surface area contributed by atoms with Crippen molar-refractivity contribution in [1.29, 1.82) is 0 Å². The number of ether oxygens (including phenoxy) is 1. The lowest BCUT2D eigenvalue weighted by Crippen LogP contribution is -2.39. The maximum Gasteiger partial charge on any atom is 0.197 e. The van der Waals surface area contributed by atoms with Crippen LogP contribution in [0.25, 0.3) is 10.9 Å². The van der Waals surface area contributed by atoms with Gasteiger partial charge in [-0.25, -0.2) is 0 Å². The van der Waals surface area contributed by atoms with E-state index in [1.807, 2.05) is 42.6 Å². The number of fused-ring (bicyclic) bond motifs is 1. The Kier molecular flexibility index (Phi) is 6.27. The molecule has 0 spiro atoms. The average molecular weight is 392 g/mol. The molecule has 3 N–H and O–H groups in total. The number of hydrogen-bond donors (Lipinski definition) is 3. The molecule has 3 aromatic rings. The van der Waals surface area contributed by atoms with Crippen molar-refractivity contribution in [2.45, 2.75) is 44.2 Å². The molecule has 1 aliphatic rings. The molecule has 1 saturated carbocycles. The second-order valence-corrected chi connectivity index (χ2v) is 7.78. The number of para-hydroxylation sites is 1. The monoisotopic (exact) mass is 392 g/mol. The van der Waals surface area contributed by atoms with Gasteiger partial charge < -0.3 is 20.1 Å². The highest BCUT2D eigenvalue weighted by Gasteiger charge is 2.19. The molecule has 1 atom stereocenters. The molecule has 29 heavy (non-hydrogen) atoms. The molecule has 0 saturated heterocycles. The Labute approximate surface area is 171 Å². The molecule has 0 amide bonds. The summed E-state index contributed by atoms with van der Waals surface area (Å²) < 4.78 is 5.86. The molecule has 0 aliphatic heterocycles. The molecule has 5 nitrogen and oxygen atoms in total. The maximum absolute atomic E-state index is 13.2. The van der Waals surface area contributed by atoms with E-state index in [1.54, 1.807) is 12.1 Å². The Bertz CT molecular complexity index is 959.